The molecule has 2 N–H and O–H groups in total. The van der Waals surface area contributed by atoms with E-state index in [1.165, 1.54) is 19.1 Å². The van der Waals surface area contributed by atoms with Crippen molar-refractivity contribution in [3.8, 4) is 0 Å². The summed E-state index contributed by atoms with van der Waals surface area (Å²) in [7, 11) is 1.85. The summed E-state index contributed by atoms with van der Waals surface area (Å²) in [5, 5.41) is 11.6. The van der Waals surface area contributed by atoms with Crippen LogP contribution in [-0.4, -0.2) is 33.2 Å². The van der Waals surface area contributed by atoms with Crippen LogP contribution in [0.5, 0.6) is 0 Å². The summed E-state index contributed by atoms with van der Waals surface area (Å²) >= 11 is 0. The van der Waals surface area contributed by atoms with Crippen LogP contribution >= 0.6 is 0 Å². The number of rotatable bonds is 4. The van der Waals surface area contributed by atoms with Gasteiger partial charge in [0.05, 0.1) is 11.0 Å². The number of imidazole rings is 1. The van der Waals surface area contributed by atoms with Gasteiger partial charge in [0.2, 0.25) is 5.91 Å². The molecule has 19 heavy (non-hydrogen) atoms. The SMILES string of the molecule is CC(O)C(=O)NCCc1nc2cc(F)ccc2n1C. The van der Waals surface area contributed by atoms with Crippen molar-refractivity contribution in [3.63, 3.8) is 0 Å². The lowest BCUT2D eigenvalue weighted by Crippen LogP contribution is -2.34. The molecule has 1 atom stereocenters. The van der Waals surface area contributed by atoms with Crippen LogP contribution < -0.4 is 5.32 Å². The fourth-order valence-electron chi connectivity index (χ4n) is 1.89. The Hall–Kier alpha value is -1.95. The number of halogens is 1. The lowest BCUT2D eigenvalue weighted by Gasteiger charge is -2.06. The summed E-state index contributed by atoms with van der Waals surface area (Å²) in [5.74, 6) is 0.0239. The van der Waals surface area contributed by atoms with E-state index in [0.717, 1.165) is 11.3 Å². The van der Waals surface area contributed by atoms with Gasteiger partial charge < -0.3 is 15.0 Å². The smallest absolute Gasteiger partial charge is 0.248 e. The number of carbonyl (C=O) groups excluding carboxylic acids is 1. The van der Waals surface area contributed by atoms with Gasteiger partial charge in [0.1, 0.15) is 17.7 Å². The summed E-state index contributed by atoms with van der Waals surface area (Å²) in [4.78, 5) is 15.5. The molecule has 0 fully saturated rings. The molecule has 1 unspecified atom stereocenters. The highest BCUT2D eigenvalue weighted by atomic mass is 19.1. The minimum Gasteiger partial charge on any atom is -0.384 e. The maximum Gasteiger partial charge on any atom is 0.248 e. The summed E-state index contributed by atoms with van der Waals surface area (Å²) < 4.78 is 15.0. The number of amides is 1. The lowest BCUT2D eigenvalue weighted by atomic mass is 10.3. The molecule has 1 aromatic heterocycles. The average Bonchev–Trinajstić information content (AvgIpc) is 2.65. The molecule has 0 aliphatic heterocycles. The molecule has 0 aliphatic carbocycles. The molecule has 2 rings (SSSR count). The van der Waals surface area contributed by atoms with Crippen LogP contribution in [0.3, 0.4) is 0 Å². The number of nitrogens with zero attached hydrogens (tertiary/aromatic N) is 2. The van der Waals surface area contributed by atoms with Crippen LogP contribution in [0.1, 0.15) is 12.7 Å². The second-order valence-corrected chi connectivity index (χ2v) is 4.44. The largest absolute Gasteiger partial charge is 0.384 e. The van der Waals surface area contributed by atoms with Gasteiger partial charge in [0.15, 0.2) is 0 Å². The molecule has 0 saturated carbocycles. The first kappa shape index (κ1) is 13.5. The molecule has 6 heteroatoms. The number of nitrogens with one attached hydrogen (secondary N) is 1. The average molecular weight is 265 g/mol. The molecule has 0 spiro atoms. The summed E-state index contributed by atoms with van der Waals surface area (Å²) in [6.45, 7) is 1.79. The van der Waals surface area contributed by atoms with Gasteiger partial charge in [0, 0.05) is 26.1 Å². The monoisotopic (exact) mass is 265 g/mol. The number of aromatic nitrogens is 2. The number of benzene rings is 1. The number of carbonyl (C=O) groups is 1. The number of aryl methyl sites for hydroxylation is 1. The minimum absolute atomic E-state index is 0.320. The first-order chi connectivity index (χ1) is 8.99. The molecule has 1 aromatic carbocycles. The Bertz CT molecular complexity index is 607. The molecule has 1 heterocycles. The number of aliphatic hydroxyl groups excluding tert-OH is 1. The van der Waals surface area contributed by atoms with E-state index in [-0.39, 0.29) is 5.82 Å². The first-order valence-electron chi connectivity index (χ1n) is 6.05. The van der Waals surface area contributed by atoms with Gasteiger partial charge in [-0.25, -0.2) is 9.37 Å². The Balaban J connectivity index is 2.09. The number of hydrogen-bond acceptors (Lipinski definition) is 3. The van der Waals surface area contributed by atoms with Gasteiger partial charge in [-0.15, -0.1) is 0 Å². The fourth-order valence-corrected chi connectivity index (χ4v) is 1.89. The van der Waals surface area contributed by atoms with E-state index in [0.29, 0.717) is 18.5 Å². The Kier molecular flexibility index (Phi) is 3.80. The highest BCUT2D eigenvalue weighted by Gasteiger charge is 2.10. The first-order valence-corrected chi connectivity index (χ1v) is 6.05. The van der Waals surface area contributed by atoms with Gasteiger partial charge >= 0.3 is 0 Å². The minimum atomic E-state index is -1.02. The fraction of sp³-hybridized carbons (Fsp3) is 0.385. The molecule has 0 aliphatic rings. The van der Waals surface area contributed by atoms with Crippen molar-refractivity contribution >= 4 is 16.9 Å². The van der Waals surface area contributed by atoms with Crippen molar-refractivity contribution in [1.29, 1.82) is 0 Å². The van der Waals surface area contributed by atoms with Crippen molar-refractivity contribution in [2.24, 2.45) is 7.05 Å². The van der Waals surface area contributed by atoms with Gasteiger partial charge in [-0.05, 0) is 19.1 Å². The zero-order chi connectivity index (χ0) is 14.0. The van der Waals surface area contributed by atoms with Crippen molar-refractivity contribution in [2.75, 3.05) is 6.54 Å². The maximum atomic E-state index is 13.1. The standard InChI is InChI=1S/C13H16FN3O2/c1-8(18)13(19)15-6-5-12-16-10-7-9(14)3-4-11(10)17(12)2/h3-4,7-8,18H,5-6H2,1-2H3,(H,15,19). The highest BCUT2D eigenvalue weighted by molar-refractivity contribution is 5.80. The van der Waals surface area contributed by atoms with Crippen molar-refractivity contribution in [3.05, 3.63) is 29.8 Å². The van der Waals surface area contributed by atoms with Gasteiger partial charge in [-0.1, -0.05) is 0 Å². The van der Waals surface area contributed by atoms with E-state index >= 15 is 0 Å². The van der Waals surface area contributed by atoms with E-state index in [9.17, 15) is 9.18 Å². The molecule has 0 radical (unpaired) electrons. The second kappa shape index (κ2) is 5.36. The number of aliphatic hydroxyl groups is 1. The van der Waals surface area contributed by atoms with E-state index < -0.39 is 12.0 Å². The Morgan fingerprint density at radius 2 is 2.32 bits per heavy atom. The quantitative estimate of drug-likeness (QED) is 0.857. The molecule has 5 nitrogen and oxygen atoms in total. The van der Waals surface area contributed by atoms with Gasteiger partial charge in [-0.3, -0.25) is 4.79 Å². The Labute approximate surface area is 110 Å². The molecular formula is C13H16FN3O2. The zero-order valence-electron chi connectivity index (χ0n) is 10.9. The molecule has 1 amide bonds. The maximum absolute atomic E-state index is 13.1. The van der Waals surface area contributed by atoms with E-state index in [2.05, 4.69) is 10.3 Å². The number of hydrogen-bond donors (Lipinski definition) is 2. The number of fused-ring (bicyclic) bond motifs is 1. The van der Waals surface area contributed by atoms with E-state index in [4.69, 9.17) is 5.11 Å². The zero-order valence-corrected chi connectivity index (χ0v) is 10.9. The summed E-state index contributed by atoms with van der Waals surface area (Å²) in [6.07, 6.45) is -0.500. The Morgan fingerprint density at radius 1 is 1.58 bits per heavy atom. The van der Waals surface area contributed by atoms with Crippen LogP contribution in [0.15, 0.2) is 18.2 Å². The van der Waals surface area contributed by atoms with Crippen LogP contribution in [0, 0.1) is 5.82 Å². The highest BCUT2D eigenvalue weighted by Crippen LogP contribution is 2.16. The lowest BCUT2D eigenvalue weighted by molar-refractivity contribution is -0.128. The van der Waals surface area contributed by atoms with Crippen molar-refractivity contribution < 1.29 is 14.3 Å². The van der Waals surface area contributed by atoms with Crippen LogP contribution in [0.2, 0.25) is 0 Å². The van der Waals surface area contributed by atoms with Crippen molar-refractivity contribution in [2.45, 2.75) is 19.4 Å². The molecular weight excluding hydrogens is 249 g/mol. The topological polar surface area (TPSA) is 67.2 Å². The molecule has 102 valence electrons. The van der Waals surface area contributed by atoms with E-state index in [1.54, 1.807) is 6.07 Å². The Morgan fingerprint density at radius 3 is 3.00 bits per heavy atom. The van der Waals surface area contributed by atoms with Crippen LogP contribution in [-0.2, 0) is 18.3 Å². The van der Waals surface area contributed by atoms with E-state index in [1.807, 2.05) is 11.6 Å². The predicted octanol–water partition coefficient (Wildman–Crippen LogP) is 0.752. The van der Waals surface area contributed by atoms with Crippen LogP contribution in [0.4, 0.5) is 4.39 Å². The summed E-state index contributed by atoms with van der Waals surface area (Å²) in [5.41, 5.74) is 1.44. The third kappa shape index (κ3) is 2.90. The summed E-state index contributed by atoms with van der Waals surface area (Å²) in [6, 6.07) is 4.45. The predicted molar refractivity (Wildman–Crippen MR) is 69.1 cm³/mol. The second-order valence-electron chi connectivity index (χ2n) is 4.44. The van der Waals surface area contributed by atoms with Gasteiger partial charge in [0.25, 0.3) is 0 Å². The van der Waals surface area contributed by atoms with Gasteiger partial charge in [-0.2, -0.15) is 0 Å². The molecule has 0 saturated heterocycles. The molecule has 2 aromatic rings. The normalized spacial score (nSPS) is 12.6. The third-order valence-corrected chi connectivity index (χ3v) is 2.96. The molecule has 0 bridgehead atoms. The third-order valence-electron chi connectivity index (χ3n) is 2.96. The van der Waals surface area contributed by atoms with Crippen molar-refractivity contribution in [1.82, 2.24) is 14.9 Å². The van der Waals surface area contributed by atoms with Crippen LogP contribution in [0.25, 0.3) is 11.0 Å².